The molecule has 2 atom stereocenters. The smallest absolute Gasteiger partial charge is 0.407 e. The maximum atomic E-state index is 11.8. The van der Waals surface area contributed by atoms with Gasteiger partial charge < -0.3 is 24.2 Å². The van der Waals surface area contributed by atoms with Crippen molar-refractivity contribution >= 4 is 23.1 Å². The molecular formula is C22H29N7O3. The number of hydrogen-bond acceptors (Lipinski definition) is 7. The lowest BCUT2D eigenvalue weighted by molar-refractivity contribution is 0.0558. The summed E-state index contributed by atoms with van der Waals surface area (Å²) in [7, 11) is 5.77. The summed E-state index contributed by atoms with van der Waals surface area (Å²) in [5, 5.41) is 9.64. The summed E-state index contributed by atoms with van der Waals surface area (Å²) in [5.74, 6) is 1.92. The Labute approximate surface area is 186 Å². The van der Waals surface area contributed by atoms with Gasteiger partial charge in [0, 0.05) is 45.9 Å². The van der Waals surface area contributed by atoms with Crippen LogP contribution in [0.25, 0.3) is 22.6 Å². The summed E-state index contributed by atoms with van der Waals surface area (Å²) in [6, 6.07) is 3.61. The maximum absolute atomic E-state index is 11.8. The minimum absolute atomic E-state index is 0.291. The lowest BCUT2D eigenvalue weighted by Crippen LogP contribution is -2.48. The Kier molecular flexibility index (Phi) is 5.39. The lowest BCUT2D eigenvalue weighted by Gasteiger charge is -2.36. The van der Waals surface area contributed by atoms with Crippen molar-refractivity contribution in [1.82, 2.24) is 29.4 Å². The molecule has 1 aliphatic heterocycles. The summed E-state index contributed by atoms with van der Waals surface area (Å²) < 4.78 is 8.19. The monoisotopic (exact) mass is 439 g/mol. The van der Waals surface area contributed by atoms with Gasteiger partial charge in [-0.3, -0.25) is 0 Å². The van der Waals surface area contributed by atoms with Crippen LogP contribution in [0.2, 0.25) is 0 Å². The molecule has 170 valence electrons. The molecule has 0 aromatic carbocycles. The number of carbonyl (C=O) groups is 1. The molecule has 0 spiro atoms. The molecule has 4 rings (SSSR count). The van der Waals surface area contributed by atoms with Gasteiger partial charge in [0.1, 0.15) is 24.1 Å². The molecule has 32 heavy (non-hydrogen) atoms. The molecule has 1 N–H and O–H groups in total. The SMILES string of the molecule is CN(C)c1ccc(-c2nc3c(OC4CCN(C(=O)O)C4C(C)(C)C)ncnc3n2C)cn1. The van der Waals surface area contributed by atoms with E-state index in [-0.39, 0.29) is 17.6 Å². The molecule has 0 radical (unpaired) electrons. The van der Waals surface area contributed by atoms with Gasteiger partial charge in [-0.2, -0.15) is 4.98 Å². The number of likely N-dealkylation sites (tertiary alicyclic amines) is 1. The number of pyridine rings is 1. The highest BCUT2D eigenvalue weighted by atomic mass is 16.5. The molecule has 1 saturated heterocycles. The predicted molar refractivity (Wildman–Crippen MR) is 121 cm³/mol. The largest absolute Gasteiger partial charge is 0.470 e. The second-order valence-corrected chi connectivity index (χ2v) is 9.38. The van der Waals surface area contributed by atoms with Crippen molar-refractivity contribution in [1.29, 1.82) is 0 Å². The van der Waals surface area contributed by atoms with E-state index in [0.717, 1.165) is 11.4 Å². The van der Waals surface area contributed by atoms with E-state index >= 15 is 0 Å². The number of carboxylic acid groups (broad SMARTS) is 1. The van der Waals surface area contributed by atoms with Gasteiger partial charge in [0.15, 0.2) is 11.2 Å². The number of hydrogen-bond donors (Lipinski definition) is 1. The zero-order valence-electron chi connectivity index (χ0n) is 19.3. The van der Waals surface area contributed by atoms with Gasteiger partial charge in [0.05, 0.1) is 6.04 Å². The number of anilines is 1. The van der Waals surface area contributed by atoms with Crippen molar-refractivity contribution < 1.29 is 14.6 Å². The van der Waals surface area contributed by atoms with Gasteiger partial charge in [0.25, 0.3) is 0 Å². The van der Waals surface area contributed by atoms with E-state index in [9.17, 15) is 9.90 Å². The molecule has 3 aromatic heterocycles. The van der Waals surface area contributed by atoms with Gasteiger partial charge in [-0.25, -0.2) is 19.7 Å². The summed E-state index contributed by atoms with van der Waals surface area (Å²) >= 11 is 0. The van der Waals surface area contributed by atoms with Crippen LogP contribution in [-0.2, 0) is 7.05 Å². The molecule has 10 heteroatoms. The first-order valence-electron chi connectivity index (χ1n) is 10.6. The van der Waals surface area contributed by atoms with Gasteiger partial charge in [-0.15, -0.1) is 0 Å². The van der Waals surface area contributed by atoms with E-state index in [0.29, 0.717) is 35.8 Å². The van der Waals surface area contributed by atoms with Crippen LogP contribution in [0.5, 0.6) is 5.88 Å². The van der Waals surface area contributed by atoms with Crippen molar-refractivity contribution in [2.45, 2.75) is 39.3 Å². The average Bonchev–Trinajstić information content (AvgIpc) is 3.30. The van der Waals surface area contributed by atoms with Crippen LogP contribution in [0, 0.1) is 5.41 Å². The molecule has 1 amide bonds. The van der Waals surface area contributed by atoms with Crippen LogP contribution in [-0.4, -0.2) is 73.4 Å². The van der Waals surface area contributed by atoms with Gasteiger partial charge in [-0.1, -0.05) is 20.8 Å². The Morgan fingerprint density at radius 2 is 1.97 bits per heavy atom. The molecule has 3 aromatic rings. The van der Waals surface area contributed by atoms with E-state index < -0.39 is 6.09 Å². The Hall–Kier alpha value is -3.43. The molecule has 10 nitrogen and oxygen atoms in total. The Bertz CT molecular complexity index is 1130. The first-order chi connectivity index (χ1) is 15.1. The fraction of sp³-hybridized carbons (Fsp3) is 0.500. The van der Waals surface area contributed by atoms with Gasteiger partial charge in [0.2, 0.25) is 5.88 Å². The highest BCUT2D eigenvalue weighted by molar-refractivity contribution is 5.81. The Balaban J connectivity index is 1.70. The number of aryl methyl sites for hydroxylation is 1. The van der Waals surface area contributed by atoms with Crippen LogP contribution in [0.4, 0.5) is 10.6 Å². The van der Waals surface area contributed by atoms with Crippen molar-refractivity contribution in [3.63, 3.8) is 0 Å². The van der Waals surface area contributed by atoms with E-state index in [4.69, 9.17) is 9.72 Å². The number of nitrogens with zero attached hydrogens (tertiary/aromatic N) is 7. The zero-order valence-corrected chi connectivity index (χ0v) is 19.3. The van der Waals surface area contributed by atoms with Crippen molar-refractivity contribution in [3.05, 3.63) is 24.7 Å². The van der Waals surface area contributed by atoms with Crippen molar-refractivity contribution in [2.75, 3.05) is 25.5 Å². The number of amides is 1. The molecule has 4 heterocycles. The molecule has 1 aliphatic rings. The normalized spacial score (nSPS) is 18.9. The number of imidazole rings is 1. The van der Waals surface area contributed by atoms with Gasteiger partial charge in [-0.05, 0) is 17.5 Å². The van der Waals surface area contributed by atoms with E-state index in [1.807, 2.05) is 63.5 Å². The second kappa shape index (κ2) is 7.92. The van der Waals surface area contributed by atoms with Crippen LogP contribution in [0.15, 0.2) is 24.7 Å². The number of fused-ring (bicyclic) bond motifs is 1. The third-order valence-electron chi connectivity index (χ3n) is 5.83. The number of ether oxygens (including phenoxy) is 1. The quantitative estimate of drug-likeness (QED) is 0.661. The molecule has 0 bridgehead atoms. The van der Waals surface area contributed by atoms with Gasteiger partial charge >= 0.3 is 6.09 Å². The first-order valence-corrected chi connectivity index (χ1v) is 10.6. The first kappa shape index (κ1) is 21.8. The third-order valence-corrected chi connectivity index (χ3v) is 5.83. The molecular weight excluding hydrogens is 410 g/mol. The number of rotatable bonds is 4. The second-order valence-electron chi connectivity index (χ2n) is 9.38. The Morgan fingerprint density at radius 3 is 2.56 bits per heavy atom. The highest BCUT2D eigenvalue weighted by Crippen LogP contribution is 2.36. The summed E-state index contributed by atoms with van der Waals surface area (Å²) in [4.78, 5) is 33.1. The van der Waals surface area contributed by atoms with Crippen LogP contribution >= 0.6 is 0 Å². The van der Waals surface area contributed by atoms with E-state index in [2.05, 4.69) is 15.0 Å². The standard InChI is InChI=1S/C22H29N7O3/c1-22(2,3)17-14(9-10-29(17)21(30)31)32-20-16-19(24-12-25-20)28(6)18(26-16)13-7-8-15(23-11-13)27(4)5/h7-8,11-12,14,17H,9-10H2,1-6H3,(H,30,31). The molecule has 0 saturated carbocycles. The molecule has 2 unspecified atom stereocenters. The van der Waals surface area contributed by atoms with E-state index in [1.165, 1.54) is 11.2 Å². The van der Waals surface area contributed by atoms with Crippen LogP contribution in [0.3, 0.4) is 0 Å². The zero-order chi connectivity index (χ0) is 23.2. The summed E-state index contributed by atoms with van der Waals surface area (Å²) in [6.45, 7) is 6.49. The highest BCUT2D eigenvalue weighted by Gasteiger charge is 2.45. The van der Waals surface area contributed by atoms with E-state index in [1.54, 1.807) is 6.20 Å². The maximum Gasteiger partial charge on any atom is 0.407 e. The fourth-order valence-electron chi connectivity index (χ4n) is 4.38. The molecule has 0 aliphatic carbocycles. The van der Waals surface area contributed by atoms with Crippen LogP contribution in [0.1, 0.15) is 27.2 Å². The topological polar surface area (TPSA) is 110 Å². The minimum Gasteiger partial charge on any atom is -0.470 e. The van der Waals surface area contributed by atoms with Crippen molar-refractivity contribution in [2.24, 2.45) is 12.5 Å². The minimum atomic E-state index is -0.933. The molecule has 1 fully saturated rings. The summed E-state index contributed by atoms with van der Waals surface area (Å²) in [5.41, 5.74) is 1.75. The predicted octanol–water partition coefficient (Wildman–Crippen LogP) is 3.04. The summed E-state index contributed by atoms with van der Waals surface area (Å²) in [6.07, 6.45) is 2.57. The van der Waals surface area contributed by atoms with Crippen LogP contribution < -0.4 is 9.64 Å². The average molecular weight is 440 g/mol. The third kappa shape index (κ3) is 3.80. The number of aromatic nitrogens is 5. The Morgan fingerprint density at radius 1 is 1.22 bits per heavy atom. The fourth-order valence-corrected chi connectivity index (χ4v) is 4.38. The lowest BCUT2D eigenvalue weighted by atomic mass is 9.84. The van der Waals surface area contributed by atoms with Crippen molar-refractivity contribution in [3.8, 4) is 17.3 Å².